The van der Waals surface area contributed by atoms with Crippen molar-refractivity contribution >= 4 is 5.97 Å². The molecule has 0 saturated heterocycles. The van der Waals surface area contributed by atoms with Gasteiger partial charge in [0.15, 0.2) is 11.5 Å². The molecule has 0 aliphatic carbocycles. The van der Waals surface area contributed by atoms with E-state index in [-0.39, 0.29) is 12.0 Å². The minimum atomic E-state index is -0.579. The van der Waals surface area contributed by atoms with Crippen LogP contribution in [0, 0.1) is 0 Å². The predicted molar refractivity (Wildman–Crippen MR) is 81.8 cm³/mol. The highest BCUT2D eigenvalue weighted by molar-refractivity contribution is 5.79. The molecule has 0 aliphatic heterocycles. The average Bonchev–Trinajstić information content (AvgIpc) is 2.51. The highest BCUT2D eigenvalue weighted by Crippen LogP contribution is 2.35. The van der Waals surface area contributed by atoms with Gasteiger partial charge in [0.05, 0.1) is 20.8 Å². The fourth-order valence-electron chi connectivity index (χ4n) is 2.05. The first-order chi connectivity index (χ1) is 10.1. The van der Waals surface area contributed by atoms with E-state index < -0.39 is 6.04 Å². The summed E-state index contributed by atoms with van der Waals surface area (Å²) in [5.41, 5.74) is 0.718. The molecule has 2 unspecified atom stereocenters. The third kappa shape index (κ3) is 4.36. The highest BCUT2D eigenvalue weighted by Gasteiger charge is 2.27. The fraction of sp³-hybridized carbons (Fsp3) is 0.562. The van der Waals surface area contributed by atoms with Gasteiger partial charge in [-0.15, -0.1) is 0 Å². The van der Waals surface area contributed by atoms with E-state index in [1.54, 1.807) is 27.2 Å². The average molecular weight is 295 g/mol. The van der Waals surface area contributed by atoms with Gasteiger partial charge in [0.1, 0.15) is 6.04 Å². The smallest absolute Gasteiger partial charge is 0.327 e. The molecule has 1 rings (SSSR count). The molecule has 1 aromatic rings. The van der Waals surface area contributed by atoms with Crippen molar-refractivity contribution in [3.8, 4) is 11.5 Å². The van der Waals surface area contributed by atoms with Crippen molar-refractivity contribution < 1.29 is 19.0 Å². The van der Waals surface area contributed by atoms with Gasteiger partial charge >= 0.3 is 5.97 Å². The van der Waals surface area contributed by atoms with Crippen LogP contribution < -0.4 is 14.8 Å². The van der Waals surface area contributed by atoms with E-state index in [4.69, 9.17) is 14.2 Å². The Morgan fingerprint density at radius 3 is 2.48 bits per heavy atom. The van der Waals surface area contributed by atoms with E-state index in [1.807, 2.05) is 19.1 Å². The van der Waals surface area contributed by atoms with Gasteiger partial charge in [-0.05, 0) is 26.3 Å². The summed E-state index contributed by atoms with van der Waals surface area (Å²) in [7, 11) is 3.13. The maximum atomic E-state index is 12.3. The topological polar surface area (TPSA) is 56.8 Å². The van der Waals surface area contributed by atoms with Crippen molar-refractivity contribution in [2.75, 3.05) is 20.8 Å². The molecule has 0 spiro atoms. The highest BCUT2D eigenvalue weighted by atomic mass is 16.5. The minimum absolute atomic E-state index is 0.176. The van der Waals surface area contributed by atoms with Gasteiger partial charge in [-0.2, -0.15) is 0 Å². The zero-order chi connectivity index (χ0) is 15.8. The fourth-order valence-corrected chi connectivity index (χ4v) is 2.05. The Labute approximate surface area is 126 Å². The number of methoxy groups -OCH3 is 2. The lowest BCUT2D eigenvalue weighted by atomic mass is 10.0. The quantitative estimate of drug-likeness (QED) is 0.747. The van der Waals surface area contributed by atoms with Crippen molar-refractivity contribution in [2.45, 2.75) is 39.3 Å². The number of benzene rings is 1. The van der Waals surface area contributed by atoms with E-state index in [0.29, 0.717) is 18.1 Å². The van der Waals surface area contributed by atoms with Crippen LogP contribution in [0.1, 0.15) is 38.8 Å². The molecule has 0 amide bonds. The first-order valence-electron chi connectivity index (χ1n) is 7.22. The lowest BCUT2D eigenvalue weighted by molar-refractivity contribution is -0.146. The summed E-state index contributed by atoms with van der Waals surface area (Å²) >= 11 is 0. The number of carbonyl (C=O) groups excluding carboxylic acids is 1. The van der Waals surface area contributed by atoms with Crippen LogP contribution in [0.2, 0.25) is 0 Å². The maximum Gasteiger partial charge on any atom is 0.327 e. The molecule has 1 aromatic carbocycles. The molecule has 0 saturated carbocycles. The number of nitrogens with one attached hydrogen (secondary N) is 1. The predicted octanol–water partition coefficient (Wildman–Crippen LogP) is 2.70. The van der Waals surface area contributed by atoms with Crippen LogP contribution in [-0.4, -0.2) is 32.8 Å². The Kier molecular flexibility index (Phi) is 7.02. The molecule has 0 radical (unpaired) electrons. The number of carbonyl (C=O) groups is 1. The zero-order valence-electron chi connectivity index (χ0n) is 13.4. The van der Waals surface area contributed by atoms with Crippen molar-refractivity contribution in [3.05, 3.63) is 23.8 Å². The summed E-state index contributed by atoms with van der Waals surface area (Å²) in [6, 6.07) is 5.08. The summed E-state index contributed by atoms with van der Waals surface area (Å²) in [5.74, 6) is 0.827. The number of ether oxygens (including phenoxy) is 3. The molecular weight excluding hydrogens is 270 g/mol. The molecule has 0 bridgehead atoms. The van der Waals surface area contributed by atoms with Crippen LogP contribution in [0.3, 0.4) is 0 Å². The second-order valence-corrected chi connectivity index (χ2v) is 4.74. The van der Waals surface area contributed by atoms with E-state index in [2.05, 4.69) is 12.2 Å². The lowest BCUT2D eigenvalue weighted by Crippen LogP contribution is -2.36. The van der Waals surface area contributed by atoms with Crippen molar-refractivity contribution in [2.24, 2.45) is 0 Å². The third-order valence-corrected chi connectivity index (χ3v) is 3.33. The van der Waals surface area contributed by atoms with Gasteiger partial charge in [-0.25, -0.2) is 4.79 Å². The summed E-state index contributed by atoms with van der Waals surface area (Å²) in [6.45, 7) is 6.21. The normalized spacial score (nSPS) is 13.4. The molecule has 5 heteroatoms. The maximum absolute atomic E-state index is 12.3. The Balaban J connectivity index is 3.21. The van der Waals surface area contributed by atoms with Crippen molar-refractivity contribution in [1.82, 2.24) is 5.32 Å². The van der Waals surface area contributed by atoms with Crippen LogP contribution in [0.4, 0.5) is 0 Å². The van der Waals surface area contributed by atoms with E-state index in [0.717, 1.165) is 12.0 Å². The molecule has 0 aromatic heterocycles. The first kappa shape index (κ1) is 17.3. The number of hydrogen-bond acceptors (Lipinski definition) is 5. The third-order valence-electron chi connectivity index (χ3n) is 3.33. The monoisotopic (exact) mass is 295 g/mol. The molecule has 0 heterocycles. The van der Waals surface area contributed by atoms with E-state index >= 15 is 0 Å². The Bertz CT molecular complexity index is 462. The van der Waals surface area contributed by atoms with Crippen LogP contribution in [0.25, 0.3) is 0 Å². The molecule has 0 aliphatic rings. The summed E-state index contributed by atoms with van der Waals surface area (Å²) in [6.07, 6.45) is 0.905. The number of rotatable bonds is 8. The largest absolute Gasteiger partial charge is 0.493 e. The SMILES string of the molecule is CCOC(=O)C(NC(C)CC)c1cccc(OC)c1OC. The Morgan fingerprint density at radius 2 is 1.95 bits per heavy atom. The van der Waals surface area contributed by atoms with Crippen molar-refractivity contribution in [3.63, 3.8) is 0 Å². The van der Waals surface area contributed by atoms with Gasteiger partial charge in [0.25, 0.3) is 0 Å². The van der Waals surface area contributed by atoms with Crippen LogP contribution in [0.15, 0.2) is 18.2 Å². The van der Waals surface area contributed by atoms with Gasteiger partial charge in [0, 0.05) is 11.6 Å². The molecule has 118 valence electrons. The number of hydrogen-bond donors (Lipinski definition) is 1. The van der Waals surface area contributed by atoms with Crippen LogP contribution >= 0.6 is 0 Å². The summed E-state index contributed by atoms with van der Waals surface area (Å²) < 4.78 is 15.9. The van der Waals surface area contributed by atoms with Crippen molar-refractivity contribution in [1.29, 1.82) is 0 Å². The second kappa shape index (κ2) is 8.52. The lowest BCUT2D eigenvalue weighted by Gasteiger charge is -2.23. The Morgan fingerprint density at radius 1 is 1.24 bits per heavy atom. The van der Waals surface area contributed by atoms with Gasteiger partial charge < -0.3 is 14.2 Å². The van der Waals surface area contributed by atoms with Crippen LogP contribution in [-0.2, 0) is 9.53 Å². The Hall–Kier alpha value is -1.75. The van der Waals surface area contributed by atoms with Gasteiger partial charge in [0.2, 0.25) is 0 Å². The number of para-hydroxylation sites is 1. The molecule has 0 fully saturated rings. The van der Waals surface area contributed by atoms with Gasteiger partial charge in [-0.3, -0.25) is 5.32 Å². The standard InChI is InChI=1S/C16H25NO4/c1-6-11(3)17-14(16(18)21-7-2)12-9-8-10-13(19-4)15(12)20-5/h8-11,14,17H,6-7H2,1-5H3. The zero-order valence-corrected chi connectivity index (χ0v) is 13.4. The molecule has 1 N–H and O–H groups in total. The van der Waals surface area contributed by atoms with Crippen LogP contribution in [0.5, 0.6) is 11.5 Å². The van der Waals surface area contributed by atoms with E-state index in [1.165, 1.54) is 0 Å². The minimum Gasteiger partial charge on any atom is -0.493 e. The molecular formula is C16H25NO4. The van der Waals surface area contributed by atoms with Gasteiger partial charge in [-0.1, -0.05) is 19.1 Å². The van der Waals surface area contributed by atoms with E-state index in [9.17, 15) is 4.79 Å². The molecule has 5 nitrogen and oxygen atoms in total. The second-order valence-electron chi connectivity index (χ2n) is 4.74. The number of esters is 1. The molecule has 21 heavy (non-hydrogen) atoms. The summed E-state index contributed by atoms with van der Waals surface area (Å²) in [4.78, 5) is 12.3. The molecule has 2 atom stereocenters. The summed E-state index contributed by atoms with van der Waals surface area (Å²) in [5, 5.41) is 3.28. The first-order valence-corrected chi connectivity index (χ1v) is 7.22.